The number of carbonyl (C=O) groups is 1. The molecule has 3 aromatic rings. The summed E-state index contributed by atoms with van der Waals surface area (Å²) in [5.41, 5.74) is 5.36. The number of benzene rings is 2. The molecule has 4 nitrogen and oxygen atoms in total. The topological polar surface area (TPSA) is 55.1 Å². The number of carboxylic acids is 1. The van der Waals surface area contributed by atoms with Crippen LogP contribution in [0, 0.1) is 6.92 Å². The highest BCUT2D eigenvalue weighted by molar-refractivity contribution is 5.88. The first-order chi connectivity index (χ1) is 10.5. The van der Waals surface area contributed by atoms with Gasteiger partial charge in [0.2, 0.25) is 0 Å². The molecule has 0 amide bonds. The van der Waals surface area contributed by atoms with E-state index in [4.69, 9.17) is 5.11 Å². The van der Waals surface area contributed by atoms with E-state index in [0.29, 0.717) is 0 Å². The summed E-state index contributed by atoms with van der Waals surface area (Å²) < 4.78 is 1.84. The maximum absolute atomic E-state index is 10.9. The molecule has 4 heteroatoms. The third kappa shape index (κ3) is 2.63. The second-order valence-electron chi connectivity index (χ2n) is 5.29. The van der Waals surface area contributed by atoms with Gasteiger partial charge in [0.25, 0.3) is 0 Å². The fraction of sp³-hybridized carbons (Fsp3) is 0.111. The normalized spacial score (nSPS) is 10.6. The Morgan fingerprint density at radius 3 is 2.18 bits per heavy atom. The first-order valence-corrected chi connectivity index (χ1v) is 6.99. The second kappa shape index (κ2) is 5.48. The van der Waals surface area contributed by atoms with Crippen molar-refractivity contribution >= 4 is 5.97 Å². The first-order valence-electron chi connectivity index (χ1n) is 6.99. The molecule has 0 atom stereocenters. The van der Waals surface area contributed by atoms with Crippen LogP contribution in [0.2, 0.25) is 0 Å². The molecule has 0 saturated heterocycles. The van der Waals surface area contributed by atoms with Crippen LogP contribution in [0.1, 0.15) is 15.9 Å². The molecule has 0 aliphatic rings. The quantitative estimate of drug-likeness (QED) is 0.799. The first kappa shape index (κ1) is 14.1. The van der Waals surface area contributed by atoms with Crippen molar-refractivity contribution in [3.63, 3.8) is 0 Å². The van der Waals surface area contributed by atoms with Crippen molar-refractivity contribution < 1.29 is 9.90 Å². The summed E-state index contributed by atoms with van der Waals surface area (Å²) in [6.45, 7) is 2.06. The van der Waals surface area contributed by atoms with E-state index in [0.717, 1.165) is 22.5 Å². The molecule has 3 rings (SSSR count). The van der Waals surface area contributed by atoms with Crippen molar-refractivity contribution in [1.29, 1.82) is 0 Å². The Morgan fingerprint density at radius 1 is 1.00 bits per heavy atom. The van der Waals surface area contributed by atoms with Crippen molar-refractivity contribution in [2.24, 2.45) is 7.05 Å². The van der Waals surface area contributed by atoms with Crippen LogP contribution in [0.4, 0.5) is 0 Å². The van der Waals surface area contributed by atoms with Gasteiger partial charge in [-0.3, -0.25) is 4.68 Å². The fourth-order valence-corrected chi connectivity index (χ4v) is 2.39. The molecule has 0 bridgehead atoms. The van der Waals surface area contributed by atoms with Crippen molar-refractivity contribution in [1.82, 2.24) is 9.78 Å². The van der Waals surface area contributed by atoms with Crippen LogP contribution in [0.15, 0.2) is 54.6 Å². The third-order valence-electron chi connectivity index (χ3n) is 3.65. The predicted octanol–water partition coefficient (Wildman–Crippen LogP) is 3.76. The van der Waals surface area contributed by atoms with Crippen molar-refractivity contribution in [3.8, 4) is 22.5 Å². The van der Waals surface area contributed by atoms with Crippen LogP contribution < -0.4 is 0 Å². The molecule has 2 aromatic carbocycles. The average Bonchev–Trinajstić information content (AvgIpc) is 2.90. The van der Waals surface area contributed by atoms with Crippen molar-refractivity contribution in [2.45, 2.75) is 6.92 Å². The molecule has 1 heterocycles. The Kier molecular flexibility index (Phi) is 3.51. The van der Waals surface area contributed by atoms with Gasteiger partial charge < -0.3 is 5.11 Å². The van der Waals surface area contributed by atoms with Crippen molar-refractivity contribution in [2.75, 3.05) is 0 Å². The highest BCUT2D eigenvalue weighted by Crippen LogP contribution is 2.26. The molecule has 1 N–H and O–H groups in total. The van der Waals surface area contributed by atoms with Crippen LogP contribution in [-0.4, -0.2) is 20.9 Å². The fourth-order valence-electron chi connectivity index (χ4n) is 2.39. The molecule has 0 unspecified atom stereocenters. The largest absolute Gasteiger partial charge is 0.478 e. The van der Waals surface area contributed by atoms with Gasteiger partial charge in [-0.2, -0.15) is 5.10 Å². The Hall–Kier alpha value is -2.88. The van der Waals surface area contributed by atoms with E-state index >= 15 is 0 Å². The summed E-state index contributed by atoms with van der Waals surface area (Å²) in [5, 5.41) is 13.5. The van der Waals surface area contributed by atoms with E-state index in [2.05, 4.69) is 36.3 Å². The van der Waals surface area contributed by atoms with Gasteiger partial charge in [-0.15, -0.1) is 0 Å². The van der Waals surface area contributed by atoms with Gasteiger partial charge in [0.1, 0.15) is 0 Å². The summed E-state index contributed by atoms with van der Waals surface area (Å²) >= 11 is 0. The smallest absolute Gasteiger partial charge is 0.335 e. The zero-order valence-electron chi connectivity index (χ0n) is 12.4. The Labute approximate surface area is 128 Å². The van der Waals surface area contributed by atoms with E-state index in [1.54, 1.807) is 24.3 Å². The third-order valence-corrected chi connectivity index (χ3v) is 3.65. The number of aryl methyl sites for hydroxylation is 2. The Bertz CT molecular complexity index is 815. The van der Waals surface area contributed by atoms with Gasteiger partial charge in [0.15, 0.2) is 0 Å². The average molecular weight is 292 g/mol. The number of hydrogen-bond acceptors (Lipinski definition) is 2. The molecule has 110 valence electrons. The van der Waals surface area contributed by atoms with Crippen LogP contribution in [0.3, 0.4) is 0 Å². The minimum atomic E-state index is -0.923. The summed E-state index contributed by atoms with van der Waals surface area (Å²) in [7, 11) is 1.91. The summed E-state index contributed by atoms with van der Waals surface area (Å²) in [5.74, 6) is -0.923. The number of hydrogen-bond donors (Lipinski definition) is 1. The van der Waals surface area contributed by atoms with Gasteiger partial charge in [-0.25, -0.2) is 4.79 Å². The Balaban J connectivity index is 1.98. The lowest BCUT2D eigenvalue weighted by molar-refractivity contribution is 0.0697. The maximum Gasteiger partial charge on any atom is 0.335 e. The second-order valence-corrected chi connectivity index (χ2v) is 5.29. The lowest BCUT2D eigenvalue weighted by atomic mass is 10.1. The number of rotatable bonds is 3. The molecular formula is C18H16N2O2. The van der Waals surface area contributed by atoms with E-state index in [1.807, 2.05) is 17.8 Å². The van der Waals surface area contributed by atoms with E-state index in [-0.39, 0.29) is 5.56 Å². The monoisotopic (exact) mass is 292 g/mol. The van der Waals surface area contributed by atoms with Gasteiger partial charge in [-0.1, -0.05) is 42.0 Å². The number of aromatic nitrogens is 2. The van der Waals surface area contributed by atoms with Gasteiger partial charge in [0, 0.05) is 12.6 Å². The van der Waals surface area contributed by atoms with Gasteiger partial charge in [-0.05, 0) is 30.7 Å². The summed E-state index contributed by atoms with van der Waals surface area (Å²) in [4.78, 5) is 10.9. The van der Waals surface area contributed by atoms with Crippen LogP contribution in [-0.2, 0) is 7.05 Å². The highest BCUT2D eigenvalue weighted by atomic mass is 16.4. The minimum absolute atomic E-state index is 0.276. The molecule has 22 heavy (non-hydrogen) atoms. The number of aromatic carboxylic acids is 1. The molecule has 1 aromatic heterocycles. The van der Waals surface area contributed by atoms with Gasteiger partial charge >= 0.3 is 5.97 Å². The molecule has 0 spiro atoms. The standard InChI is InChI=1S/C18H16N2O2/c1-12-3-5-14(6-4-12)17-11-16(19-20(17)2)13-7-9-15(10-8-13)18(21)22/h3-11H,1-2H3,(H,21,22). The van der Waals surface area contributed by atoms with Crippen LogP contribution in [0.5, 0.6) is 0 Å². The SMILES string of the molecule is Cc1ccc(-c2cc(-c3ccc(C(=O)O)cc3)nn2C)cc1. The zero-order valence-corrected chi connectivity index (χ0v) is 12.4. The molecule has 0 saturated carbocycles. The molecular weight excluding hydrogens is 276 g/mol. The molecule has 0 fully saturated rings. The highest BCUT2D eigenvalue weighted by Gasteiger charge is 2.10. The van der Waals surface area contributed by atoms with Crippen LogP contribution in [0.25, 0.3) is 22.5 Å². The number of carboxylic acid groups (broad SMARTS) is 1. The van der Waals surface area contributed by atoms with Gasteiger partial charge in [0.05, 0.1) is 17.0 Å². The maximum atomic E-state index is 10.9. The van der Waals surface area contributed by atoms with E-state index < -0.39 is 5.97 Å². The predicted molar refractivity (Wildman–Crippen MR) is 85.8 cm³/mol. The lowest BCUT2D eigenvalue weighted by Crippen LogP contribution is -1.95. The van der Waals surface area contributed by atoms with Crippen molar-refractivity contribution in [3.05, 3.63) is 65.7 Å². The molecule has 0 radical (unpaired) electrons. The zero-order chi connectivity index (χ0) is 15.7. The lowest BCUT2D eigenvalue weighted by Gasteiger charge is -2.01. The molecule has 0 aliphatic carbocycles. The summed E-state index contributed by atoms with van der Waals surface area (Å²) in [6, 6.07) is 17.1. The van der Waals surface area contributed by atoms with E-state index in [9.17, 15) is 4.79 Å². The summed E-state index contributed by atoms with van der Waals surface area (Å²) in [6.07, 6.45) is 0. The van der Waals surface area contributed by atoms with E-state index in [1.165, 1.54) is 5.56 Å². The Morgan fingerprint density at radius 2 is 1.59 bits per heavy atom. The number of nitrogens with zero attached hydrogens (tertiary/aromatic N) is 2. The minimum Gasteiger partial charge on any atom is -0.478 e. The molecule has 0 aliphatic heterocycles. The van der Waals surface area contributed by atoms with Crippen LogP contribution >= 0.6 is 0 Å².